The van der Waals surface area contributed by atoms with Gasteiger partial charge in [0.05, 0.1) is 28.8 Å². The van der Waals surface area contributed by atoms with Gasteiger partial charge in [-0.3, -0.25) is 24.8 Å². The molecule has 20 heteroatoms. The first-order valence-electron chi connectivity index (χ1n) is 13.2. The number of Topliss-reactive ketones (excluding diaryl/α,β-unsaturated/α-hetero) is 1. The number of aliphatic carboxylic acids is 1. The number of carboxylic acid groups (broad SMARTS) is 1. The second-order valence-electron chi connectivity index (χ2n) is 10.7. The van der Waals surface area contributed by atoms with Gasteiger partial charge in [0.2, 0.25) is 11.7 Å². The zero-order chi connectivity index (χ0) is 32.0. The minimum atomic E-state index is -1.86. The number of nitrogens with two attached hydrogens (primary N) is 1. The van der Waals surface area contributed by atoms with Gasteiger partial charge >= 0.3 is 29.6 Å². The van der Waals surface area contributed by atoms with E-state index < -0.39 is 28.6 Å². The van der Waals surface area contributed by atoms with Crippen LogP contribution in [-0.4, -0.2) is 80.1 Å². The molecule has 17 nitrogen and oxygen atoms in total. The topological polar surface area (TPSA) is 248 Å². The first-order chi connectivity index (χ1) is 21.4. The van der Waals surface area contributed by atoms with E-state index >= 15 is 0 Å². The summed E-state index contributed by atoms with van der Waals surface area (Å²) in [7, 11) is 0. The average Bonchev–Trinajstić information content (AvgIpc) is 3.69. The maximum atomic E-state index is 13.6. The van der Waals surface area contributed by atoms with Crippen molar-refractivity contribution in [3.8, 4) is 11.5 Å². The van der Waals surface area contributed by atoms with Gasteiger partial charge in [0.15, 0.2) is 52.7 Å². The number of aromatic hydroxyl groups is 2. The monoisotopic (exact) mass is 674 g/mol. The average molecular weight is 675 g/mol. The molecule has 5 heterocycles. The number of carbonyl (C=O) groups is 3. The van der Waals surface area contributed by atoms with Crippen molar-refractivity contribution in [1.82, 2.24) is 34.9 Å². The molecule has 0 unspecified atom stereocenters. The number of aromatic nitrogens is 7. The van der Waals surface area contributed by atoms with Gasteiger partial charge < -0.3 is 35.8 Å². The van der Waals surface area contributed by atoms with Crippen molar-refractivity contribution in [3.05, 3.63) is 47.8 Å². The molecule has 1 saturated heterocycles. The van der Waals surface area contributed by atoms with Crippen molar-refractivity contribution in [3.63, 3.8) is 0 Å². The summed E-state index contributed by atoms with van der Waals surface area (Å²) in [5.41, 5.74) is 4.67. The summed E-state index contributed by atoms with van der Waals surface area (Å²) in [6.07, 6.45) is 3.30. The number of fused-ring (bicyclic) bond motifs is 2. The number of hydrogen-bond acceptors (Lipinski definition) is 16. The number of benzene rings is 1. The van der Waals surface area contributed by atoms with Crippen molar-refractivity contribution < 1.29 is 68.7 Å². The van der Waals surface area contributed by atoms with E-state index in [9.17, 15) is 29.7 Å². The Balaban J connectivity index is 0.00000417. The van der Waals surface area contributed by atoms with Crippen LogP contribution in [0.5, 0.6) is 11.5 Å². The molecule has 6 rings (SSSR count). The third-order valence-corrected chi connectivity index (χ3v) is 9.11. The third-order valence-electron chi connectivity index (χ3n) is 7.17. The molecule has 1 fully saturated rings. The van der Waals surface area contributed by atoms with Gasteiger partial charge in [0.1, 0.15) is 0 Å². The Morgan fingerprint density at radius 2 is 2.02 bits per heavy atom. The van der Waals surface area contributed by atoms with Crippen LogP contribution in [0.15, 0.2) is 41.3 Å². The molecule has 1 aromatic carbocycles. The summed E-state index contributed by atoms with van der Waals surface area (Å²) in [6.45, 7) is 2.73. The first-order valence-corrected chi connectivity index (χ1v) is 15.1. The number of phenolic OH excluding ortho intramolecular Hbond substituents is 2. The van der Waals surface area contributed by atoms with Crippen LogP contribution in [0.3, 0.4) is 0 Å². The molecule has 2 aliphatic heterocycles. The molecule has 4 aromatic rings. The Morgan fingerprint density at radius 3 is 2.67 bits per heavy atom. The summed E-state index contributed by atoms with van der Waals surface area (Å²) in [5.74, 6) is -3.37. The molecule has 2 atom stereocenters. The van der Waals surface area contributed by atoms with E-state index in [2.05, 4.69) is 35.1 Å². The van der Waals surface area contributed by atoms with Crippen molar-refractivity contribution in [1.29, 1.82) is 0 Å². The smallest absolute Gasteiger partial charge is 0.546 e. The summed E-state index contributed by atoms with van der Waals surface area (Å²) in [4.78, 5) is 49.1. The Kier molecular flexibility index (Phi) is 9.32. The molecule has 0 bridgehead atoms. The van der Waals surface area contributed by atoms with E-state index in [1.54, 1.807) is 18.5 Å². The number of anilines is 1. The van der Waals surface area contributed by atoms with Crippen LogP contribution in [0.1, 0.15) is 31.9 Å². The molecular formula is C26H23N10NaO7S2. The number of phenols is 2. The van der Waals surface area contributed by atoms with Crippen molar-refractivity contribution in [2.45, 2.75) is 37.8 Å². The second-order valence-corrected chi connectivity index (χ2v) is 12.6. The predicted molar refractivity (Wildman–Crippen MR) is 155 cm³/mol. The van der Waals surface area contributed by atoms with Crippen molar-refractivity contribution in [2.75, 3.05) is 11.5 Å². The number of rotatable bonds is 10. The van der Waals surface area contributed by atoms with E-state index in [1.165, 1.54) is 42.6 Å². The summed E-state index contributed by atoms with van der Waals surface area (Å²) in [6, 6.07) is 4.70. The molecule has 46 heavy (non-hydrogen) atoms. The summed E-state index contributed by atoms with van der Waals surface area (Å²) < 4.78 is 5.86. The fourth-order valence-electron chi connectivity index (χ4n) is 4.81. The normalized spacial score (nSPS) is 18.2. The number of β-lactam (4-membered cyclic amide) rings is 1. The second kappa shape index (κ2) is 12.9. The molecule has 0 saturated carbocycles. The summed E-state index contributed by atoms with van der Waals surface area (Å²) in [5, 5.41) is 51.1. The van der Waals surface area contributed by atoms with Crippen LogP contribution in [0.25, 0.3) is 16.5 Å². The van der Waals surface area contributed by atoms with Crippen molar-refractivity contribution in [2.24, 2.45) is 11.1 Å². The van der Waals surface area contributed by atoms with Gasteiger partial charge in [-0.05, 0) is 31.4 Å². The number of carboxylic acids is 1. The van der Waals surface area contributed by atoms with Gasteiger partial charge in [-0.1, -0.05) is 5.16 Å². The van der Waals surface area contributed by atoms with Crippen LogP contribution >= 0.6 is 23.3 Å². The van der Waals surface area contributed by atoms with Gasteiger partial charge in [-0.2, -0.15) is 14.6 Å². The van der Waals surface area contributed by atoms with Gasteiger partial charge in [0.25, 0.3) is 0 Å². The number of carbonyl (C=O) groups excluding carboxylic acids is 3. The maximum Gasteiger partial charge on any atom is 1.00 e. The minimum absolute atomic E-state index is 0. The molecule has 0 radical (unpaired) electrons. The molecule has 4 N–H and O–H groups in total. The third kappa shape index (κ3) is 6.27. The molecule has 232 valence electrons. The Bertz CT molecular complexity index is 1910. The standard InChI is InChI=1S/C26H24N10O7S2.Na/c1-26(2,24(41)42)43-31-18(20-28-25(27)45-32-20)17(39)7-14-22(40)36-19(21-29-33-34-30-21)13(10-44-23(14)36)9-35-4-3-11-5-15(37)16(38)6-12(11)8-35;/h3-6,8,14,23H,7,9-10H2,1-2H3,(H5,27,28,29,30,32,33,34,38,41,42);/q;+1/p-1/b31-18+;/t14-,23-;/m1./s1. The fourth-order valence-corrected chi connectivity index (χ4v) is 6.65. The number of thioether (sulfide) groups is 1. The van der Waals surface area contributed by atoms with Gasteiger partial charge in [-0.25, -0.2) is 4.57 Å². The zero-order valence-corrected chi connectivity index (χ0v) is 28.2. The van der Waals surface area contributed by atoms with Crippen LogP contribution in [0.4, 0.5) is 5.13 Å². The van der Waals surface area contributed by atoms with E-state index in [0.29, 0.717) is 23.4 Å². The molecule has 0 spiro atoms. The zero-order valence-electron chi connectivity index (χ0n) is 24.5. The number of oxime groups is 1. The van der Waals surface area contributed by atoms with E-state index in [1.807, 2.05) is 4.57 Å². The number of tetrazole rings is 1. The van der Waals surface area contributed by atoms with Gasteiger partial charge in [-0.15, -0.1) is 11.8 Å². The molecule has 3 aromatic heterocycles. The Hall–Kier alpha value is -4.17. The van der Waals surface area contributed by atoms with Crippen LogP contribution < -0.4 is 50.1 Å². The molecule has 1 amide bonds. The first kappa shape index (κ1) is 33.2. The Morgan fingerprint density at radius 1 is 1.28 bits per heavy atom. The number of amides is 1. The van der Waals surface area contributed by atoms with E-state index in [-0.39, 0.29) is 75.9 Å². The maximum absolute atomic E-state index is 13.6. The number of nitrogen functional groups attached to an aromatic ring is 1. The number of nitrogens with zero attached hydrogens (tertiary/aromatic N) is 9. The van der Waals surface area contributed by atoms with Gasteiger partial charge in [0, 0.05) is 40.7 Å². The number of hydrogen-bond donors (Lipinski definition) is 3. The molecule has 0 aliphatic carbocycles. The number of ketones is 1. The van der Waals surface area contributed by atoms with Crippen LogP contribution in [-0.2, 0) is 25.8 Å². The fraction of sp³-hybridized carbons (Fsp3) is 0.308. The molecular weight excluding hydrogens is 651 g/mol. The SMILES string of the molecule is CC(C)(O/N=C(\C(=O)C[C@@H]1C(=O)N2C(c3nnn[n-]3)=C(C[n+]3ccc4cc(O)c(O)cc4c3)CS[C@H]12)c1nsc(N)n1)C(=O)[O-].[Na+]. The number of pyridine rings is 1. The molecule has 2 aliphatic rings. The predicted octanol–water partition coefficient (Wildman–Crippen LogP) is -4.03. The Labute approximate surface area is 290 Å². The van der Waals surface area contributed by atoms with E-state index in [0.717, 1.165) is 22.5 Å². The van der Waals surface area contributed by atoms with Crippen molar-refractivity contribution >= 4 is 68.3 Å². The van der Waals surface area contributed by atoms with Crippen LogP contribution in [0, 0.1) is 5.92 Å². The quantitative estimate of drug-likeness (QED) is 0.0362. The minimum Gasteiger partial charge on any atom is -0.546 e. The van der Waals surface area contributed by atoms with Crippen LogP contribution in [0.2, 0.25) is 0 Å². The van der Waals surface area contributed by atoms with E-state index in [4.69, 9.17) is 10.6 Å². The summed E-state index contributed by atoms with van der Waals surface area (Å²) >= 11 is 2.25. The largest absolute Gasteiger partial charge is 1.00 e.